The Morgan fingerprint density at radius 1 is 0.857 bits per heavy atom. The summed E-state index contributed by atoms with van der Waals surface area (Å²) in [7, 11) is 0. The van der Waals surface area contributed by atoms with Gasteiger partial charge in [-0.15, -0.1) is 0 Å². The van der Waals surface area contributed by atoms with Crippen LogP contribution >= 0.6 is 0 Å². The van der Waals surface area contributed by atoms with E-state index in [2.05, 4.69) is 5.32 Å². The lowest BCUT2D eigenvalue weighted by Gasteiger charge is -2.32. The van der Waals surface area contributed by atoms with Crippen LogP contribution < -0.4 is 10.1 Å². The average molecular weight is 473 g/mol. The molecule has 3 aromatic carbocycles. The van der Waals surface area contributed by atoms with Crippen LogP contribution in [0.3, 0.4) is 0 Å². The molecule has 0 radical (unpaired) electrons. The second-order valence-corrected chi connectivity index (χ2v) is 8.80. The third-order valence-electron chi connectivity index (χ3n) is 6.01. The van der Waals surface area contributed by atoms with Gasteiger partial charge in [0.25, 0.3) is 0 Å². The predicted molar refractivity (Wildman–Crippen MR) is 140 cm³/mol. The number of hydrogen-bond donors (Lipinski definition) is 1. The van der Waals surface area contributed by atoms with E-state index in [1.54, 1.807) is 4.90 Å². The number of para-hydroxylation sites is 1. The van der Waals surface area contributed by atoms with Crippen LogP contribution in [0.25, 0.3) is 0 Å². The summed E-state index contributed by atoms with van der Waals surface area (Å²) in [6, 6.07) is 28.7. The molecule has 2 atom stereocenters. The Labute approximate surface area is 209 Å². The maximum Gasteiger partial charge on any atom is 0.243 e. The molecule has 184 valence electrons. The van der Waals surface area contributed by atoms with Crippen molar-refractivity contribution in [1.29, 1.82) is 0 Å². The Bertz CT molecular complexity index is 1030. The predicted octanol–water partition coefficient (Wildman–Crippen LogP) is 5.40. The number of rotatable bonds is 13. The average Bonchev–Trinajstić information content (AvgIpc) is 2.90. The molecule has 1 N–H and O–H groups in total. The lowest BCUT2D eigenvalue weighted by atomic mass is 10.0. The van der Waals surface area contributed by atoms with Gasteiger partial charge >= 0.3 is 0 Å². The molecule has 5 heteroatoms. The Balaban J connectivity index is 1.78. The van der Waals surface area contributed by atoms with Gasteiger partial charge in [-0.3, -0.25) is 9.59 Å². The smallest absolute Gasteiger partial charge is 0.243 e. The summed E-state index contributed by atoms with van der Waals surface area (Å²) < 4.78 is 5.78. The van der Waals surface area contributed by atoms with Gasteiger partial charge in [-0.1, -0.05) is 85.8 Å². The topological polar surface area (TPSA) is 58.6 Å². The summed E-state index contributed by atoms with van der Waals surface area (Å²) in [5, 5.41) is 3.10. The number of carbonyl (C=O) groups is 2. The van der Waals surface area contributed by atoms with Gasteiger partial charge in [0.05, 0.1) is 6.61 Å². The quantitative estimate of drug-likeness (QED) is 0.339. The van der Waals surface area contributed by atoms with Crippen LogP contribution in [-0.4, -0.2) is 35.4 Å². The maximum absolute atomic E-state index is 13.5. The minimum Gasteiger partial charge on any atom is -0.494 e. The van der Waals surface area contributed by atoms with Crippen LogP contribution in [0.15, 0.2) is 91.0 Å². The maximum atomic E-state index is 13.5. The Hall–Kier alpha value is -3.60. The SMILES string of the molecule is CC[C@H](C)NC(=O)[C@H](Cc1ccccc1)N(Cc1ccccc1)C(=O)CCCOc1ccccc1. The Kier molecular flexibility index (Phi) is 10.4. The van der Waals surface area contributed by atoms with Crippen LogP contribution in [0.5, 0.6) is 5.75 Å². The zero-order chi connectivity index (χ0) is 24.9. The second-order valence-electron chi connectivity index (χ2n) is 8.80. The first-order valence-corrected chi connectivity index (χ1v) is 12.4. The van der Waals surface area contributed by atoms with E-state index in [0.29, 0.717) is 32.4 Å². The molecule has 0 aliphatic carbocycles. The van der Waals surface area contributed by atoms with Crippen molar-refractivity contribution >= 4 is 11.8 Å². The summed E-state index contributed by atoms with van der Waals surface area (Å²) >= 11 is 0. The summed E-state index contributed by atoms with van der Waals surface area (Å²) in [6.45, 7) is 4.85. The third-order valence-corrected chi connectivity index (χ3v) is 6.01. The zero-order valence-corrected chi connectivity index (χ0v) is 20.7. The standard InChI is InChI=1S/C30H36N2O3/c1-3-24(2)31-30(34)28(22-25-14-7-4-8-15-25)32(23-26-16-9-5-10-17-26)29(33)20-13-21-35-27-18-11-6-12-19-27/h4-12,14-19,24,28H,3,13,20-23H2,1-2H3,(H,31,34)/t24-,28-/m0/s1. The van der Waals surface area contributed by atoms with Gasteiger partial charge in [0.2, 0.25) is 11.8 Å². The van der Waals surface area contributed by atoms with Gasteiger partial charge in [-0.25, -0.2) is 0 Å². The minimum absolute atomic E-state index is 0.0359. The third kappa shape index (κ3) is 8.60. The fourth-order valence-electron chi connectivity index (χ4n) is 3.85. The summed E-state index contributed by atoms with van der Waals surface area (Å²) in [4.78, 5) is 28.7. The van der Waals surface area contributed by atoms with Gasteiger partial charge in [0.15, 0.2) is 0 Å². The largest absolute Gasteiger partial charge is 0.494 e. The van der Waals surface area contributed by atoms with Crippen LogP contribution in [0.4, 0.5) is 0 Å². The van der Waals surface area contributed by atoms with E-state index in [-0.39, 0.29) is 17.9 Å². The molecule has 35 heavy (non-hydrogen) atoms. The van der Waals surface area contributed by atoms with Crippen LogP contribution in [0, 0.1) is 0 Å². The Morgan fingerprint density at radius 3 is 2.03 bits per heavy atom. The number of benzene rings is 3. The van der Waals surface area contributed by atoms with Gasteiger partial charge in [0.1, 0.15) is 11.8 Å². The first kappa shape index (κ1) is 26.0. The minimum atomic E-state index is -0.603. The second kappa shape index (κ2) is 14.0. The molecular weight excluding hydrogens is 436 g/mol. The van der Waals surface area contributed by atoms with Crippen molar-refractivity contribution in [2.24, 2.45) is 0 Å². The molecule has 3 rings (SSSR count). The highest BCUT2D eigenvalue weighted by Crippen LogP contribution is 2.17. The molecule has 0 heterocycles. The highest BCUT2D eigenvalue weighted by molar-refractivity contribution is 5.88. The van der Waals surface area contributed by atoms with Crippen molar-refractivity contribution in [3.63, 3.8) is 0 Å². The molecule has 0 spiro atoms. The van der Waals surface area contributed by atoms with E-state index in [1.165, 1.54) is 0 Å². The molecule has 0 unspecified atom stereocenters. The van der Waals surface area contributed by atoms with Crippen molar-refractivity contribution in [3.05, 3.63) is 102 Å². The van der Waals surface area contributed by atoms with Crippen molar-refractivity contribution in [1.82, 2.24) is 10.2 Å². The molecule has 2 amide bonds. The van der Waals surface area contributed by atoms with Gasteiger partial charge < -0.3 is 15.0 Å². The fraction of sp³-hybridized carbons (Fsp3) is 0.333. The molecule has 0 saturated heterocycles. The lowest BCUT2D eigenvalue weighted by Crippen LogP contribution is -2.52. The normalized spacial score (nSPS) is 12.4. The summed E-state index contributed by atoms with van der Waals surface area (Å²) in [5.74, 6) is 0.620. The first-order valence-electron chi connectivity index (χ1n) is 12.4. The van der Waals surface area contributed by atoms with Crippen molar-refractivity contribution in [2.45, 2.75) is 58.2 Å². The Morgan fingerprint density at radius 2 is 1.43 bits per heavy atom. The monoisotopic (exact) mass is 472 g/mol. The lowest BCUT2D eigenvalue weighted by molar-refractivity contribution is -0.141. The number of carbonyl (C=O) groups excluding carboxylic acids is 2. The van der Waals surface area contributed by atoms with Gasteiger partial charge in [-0.2, -0.15) is 0 Å². The number of nitrogens with one attached hydrogen (secondary N) is 1. The highest BCUT2D eigenvalue weighted by Gasteiger charge is 2.30. The van der Waals surface area contributed by atoms with E-state index in [9.17, 15) is 9.59 Å². The summed E-state index contributed by atoms with van der Waals surface area (Å²) in [5.41, 5.74) is 2.02. The number of amides is 2. The van der Waals surface area contributed by atoms with E-state index < -0.39 is 6.04 Å². The molecular formula is C30H36N2O3. The van der Waals surface area contributed by atoms with Crippen LogP contribution in [-0.2, 0) is 22.6 Å². The van der Waals surface area contributed by atoms with Gasteiger partial charge in [0, 0.05) is 25.4 Å². The first-order chi connectivity index (χ1) is 17.1. The van der Waals surface area contributed by atoms with E-state index in [4.69, 9.17) is 4.74 Å². The molecule has 5 nitrogen and oxygen atoms in total. The van der Waals surface area contributed by atoms with Crippen molar-refractivity contribution < 1.29 is 14.3 Å². The van der Waals surface area contributed by atoms with Gasteiger partial charge in [-0.05, 0) is 43.0 Å². The molecule has 0 aliphatic rings. The molecule has 3 aromatic rings. The fourth-order valence-corrected chi connectivity index (χ4v) is 3.85. The van der Waals surface area contributed by atoms with Crippen LogP contribution in [0.2, 0.25) is 0 Å². The molecule has 0 aliphatic heterocycles. The highest BCUT2D eigenvalue weighted by atomic mass is 16.5. The van der Waals surface area contributed by atoms with Crippen molar-refractivity contribution in [2.75, 3.05) is 6.61 Å². The van der Waals surface area contributed by atoms with Crippen molar-refractivity contribution in [3.8, 4) is 5.75 Å². The molecule has 0 fully saturated rings. The van der Waals surface area contributed by atoms with E-state index >= 15 is 0 Å². The number of ether oxygens (including phenoxy) is 1. The van der Waals surface area contributed by atoms with E-state index in [0.717, 1.165) is 23.3 Å². The van der Waals surface area contributed by atoms with Crippen LogP contribution in [0.1, 0.15) is 44.2 Å². The molecule has 0 aromatic heterocycles. The number of hydrogen-bond acceptors (Lipinski definition) is 3. The molecule has 0 bridgehead atoms. The molecule has 0 saturated carbocycles. The zero-order valence-electron chi connectivity index (χ0n) is 20.7. The summed E-state index contributed by atoms with van der Waals surface area (Å²) in [6.07, 6.45) is 2.17. The van der Waals surface area contributed by atoms with E-state index in [1.807, 2.05) is 105 Å². The number of nitrogens with zero attached hydrogens (tertiary/aromatic N) is 1.